The number of benzene rings is 2. The Hall–Kier alpha value is -3.02. The lowest BCUT2D eigenvalue weighted by Gasteiger charge is -2.10. The van der Waals surface area contributed by atoms with Gasteiger partial charge in [-0.2, -0.15) is 0 Å². The Labute approximate surface area is 147 Å². The van der Waals surface area contributed by atoms with E-state index in [1.165, 1.54) is 0 Å². The molecule has 132 valence electrons. The van der Waals surface area contributed by atoms with E-state index in [9.17, 15) is 9.59 Å². The molecule has 0 aromatic heterocycles. The molecule has 0 fully saturated rings. The van der Waals surface area contributed by atoms with Crippen molar-refractivity contribution in [2.24, 2.45) is 0 Å². The van der Waals surface area contributed by atoms with E-state index in [0.29, 0.717) is 11.4 Å². The maximum Gasteiger partial charge on any atom is 0.313 e. The van der Waals surface area contributed by atoms with Crippen LogP contribution in [0, 0.1) is 0 Å². The first kappa shape index (κ1) is 18.3. The first-order valence-corrected chi connectivity index (χ1v) is 8.08. The topological polar surface area (TPSA) is 76.7 Å². The van der Waals surface area contributed by atoms with Crippen LogP contribution < -0.4 is 20.1 Å². The van der Waals surface area contributed by atoms with Gasteiger partial charge in [-0.3, -0.25) is 9.59 Å². The van der Waals surface area contributed by atoms with E-state index in [-0.39, 0.29) is 13.2 Å². The first-order chi connectivity index (χ1) is 12.1. The van der Waals surface area contributed by atoms with Gasteiger partial charge in [0.15, 0.2) is 0 Å². The third-order valence-corrected chi connectivity index (χ3v) is 3.57. The van der Waals surface area contributed by atoms with Gasteiger partial charge in [0.05, 0.1) is 13.7 Å². The van der Waals surface area contributed by atoms with Gasteiger partial charge in [-0.05, 0) is 42.3 Å². The average Bonchev–Trinajstić information content (AvgIpc) is 2.65. The lowest BCUT2D eigenvalue weighted by atomic mass is 10.1. The molecular formula is C19H22N2O4. The van der Waals surface area contributed by atoms with Crippen molar-refractivity contribution in [3.8, 4) is 11.5 Å². The lowest BCUT2D eigenvalue weighted by molar-refractivity contribution is -0.136. The molecule has 0 radical (unpaired) electrons. The van der Waals surface area contributed by atoms with Crippen LogP contribution in [0.5, 0.6) is 11.5 Å². The molecule has 0 aliphatic rings. The normalized spacial score (nSPS) is 10.0. The van der Waals surface area contributed by atoms with Crippen LogP contribution in [0.3, 0.4) is 0 Å². The average molecular weight is 342 g/mol. The molecule has 0 aliphatic carbocycles. The van der Waals surface area contributed by atoms with Crippen LogP contribution >= 0.6 is 0 Å². The number of hydrogen-bond donors (Lipinski definition) is 2. The van der Waals surface area contributed by atoms with Crippen molar-refractivity contribution >= 4 is 17.5 Å². The number of anilines is 1. The summed E-state index contributed by atoms with van der Waals surface area (Å²) < 4.78 is 10.5. The summed E-state index contributed by atoms with van der Waals surface area (Å²) in [5, 5.41) is 5.16. The molecule has 0 heterocycles. The van der Waals surface area contributed by atoms with Crippen LogP contribution in [-0.4, -0.2) is 32.1 Å². The van der Waals surface area contributed by atoms with Crippen LogP contribution in [0.2, 0.25) is 0 Å². The maximum atomic E-state index is 11.9. The molecule has 0 bridgehead atoms. The molecule has 2 aromatic rings. The summed E-state index contributed by atoms with van der Waals surface area (Å²) in [6.07, 6.45) is 0.772. The number of methoxy groups -OCH3 is 1. The number of amides is 2. The van der Waals surface area contributed by atoms with Gasteiger partial charge in [-0.1, -0.05) is 25.1 Å². The Kier molecular flexibility index (Phi) is 6.83. The highest BCUT2D eigenvalue weighted by Crippen LogP contribution is 2.17. The van der Waals surface area contributed by atoms with Gasteiger partial charge in [0.1, 0.15) is 18.1 Å². The molecule has 0 atom stereocenters. The zero-order chi connectivity index (χ0) is 18.1. The lowest BCUT2D eigenvalue weighted by Crippen LogP contribution is -2.37. The fourth-order valence-corrected chi connectivity index (χ4v) is 2.22. The molecule has 6 heteroatoms. The van der Waals surface area contributed by atoms with E-state index >= 15 is 0 Å². The van der Waals surface area contributed by atoms with Gasteiger partial charge >= 0.3 is 11.8 Å². The molecule has 0 aliphatic heterocycles. The molecule has 6 nitrogen and oxygen atoms in total. The summed E-state index contributed by atoms with van der Waals surface area (Å²) in [5.41, 5.74) is 1.63. The number of carbonyl (C=O) groups excluding carboxylic acids is 2. The third kappa shape index (κ3) is 5.53. The number of rotatable bonds is 7. The van der Waals surface area contributed by atoms with E-state index in [0.717, 1.165) is 17.7 Å². The van der Waals surface area contributed by atoms with Crippen molar-refractivity contribution < 1.29 is 19.1 Å². The Morgan fingerprint density at radius 2 is 1.64 bits per heavy atom. The predicted octanol–water partition coefficient (Wildman–Crippen LogP) is 2.39. The smallest absolute Gasteiger partial charge is 0.313 e. The molecule has 0 saturated heterocycles. The molecule has 2 N–H and O–H groups in total. The molecule has 2 amide bonds. The van der Waals surface area contributed by atoms with E-state index < -0.39 is 11.8 Å². The minimum atomic E-state index is -0.691. The zero-order valence-electron chi connectivity index (χ0n) is 14.4. The van der Waals surface area contributed by atoms with Crippen molar-refractivity contribution in [1.29, 1.82) is 0 Å². The first-order valence-electron chi connectivity index (χ1n) is 8.08. The Balaban J connectivity index is 1.74. The monoisotopic (exact) mass is 342 g/mol. The van der Waals surface area contributed by atoms with Crippen molar-refractivity contribution in [2.75, 3.05) is 25.6 Å². The Morgan fingerprint density at radius 1 is 0.960 bits per heavy atom. The number of nitrogens with one attached hydrogen (secondary N) is 2. The van der Waals surface area contributed by atoms with Crippen molar-refractivity contribution in [1.82, 2.24) is 5.32 Å². The molecule has 0 saturated carbocycles. The van der Waals surface area contributed by atoms with Gasteiger partial charge in [0.25, 0.3) is 0 Å². The van der Waals surface area contributed by atoms with Crippen molar-refractivity contribution in [3.63, 3.8) is 0 Å². The highest BCUT2D eigenvalue weighted by Gasteiger charge is 2.14. The van der Waals surface area contributed by atoms with Crippen molar-refractivity contribution in [2.45, 2.75) is 13.3 Å². The van der Waals surface area contributed by atoms with Gasteiger partial charge in [0.2, 0.25) is 0 Å². The Bertz CT molecular complexity index is 714. The summed E-state index contributed by atoms with van der Waals surface area (Å²) >= 11 is 0. The van der Waals surface area contributed by atoms with Crippen LogP contribution in [0.15, 0.2) is 48.5 Å². The second-order valence-corrected chi connectivity index (χ2v) is 5.24. The SMILES string of the molecule is CCc1ccccc1NC(=O)C(=O)NCCOc1ccc(OC)cc1. The largest absolute Gasteiger partial charge is 0.497 e. The number of hydrogen-bond acceptors (Lipinski definition) is 4. The van der Waals surface area contributed by atoms with Crippen LogP contribution in [0.25, 0.3) is 0 Å². The van der Waals surface area contributed by atoms with E-state index in [2.05, 4.69) is 10.6 Å². The van der Waals surface area contributed by atoms with Crippen molar-refractivity contribution in [3.05, 3.63) is 54.1 Å². The maximum absolute atomic E-state index is 11.9. The van der Waals surface area contributed by atoms with E-state index in [1.54, 1.807) is 37.4 Å². The molecule has 2 aromatic carbocycles. The predicted molar refractivity (Wildman–Crippen MR) is 95.9 cm³/mol. The standard InChI is InChI=1S/C19H22N2O4/c1-3-14-6-4-5-7-17(14)21-19(23)18(22)20-12-13-25-16-10-8-15(24-2)9-11-16/h4-11H,3,12-13H2,1-2H3,(H,20,22)(H,21,23). The highest BCUT2D eigenvalue weighted by molar-refractivity contribution is 6.39. The number of para-hydroxylation sites is 1. The summed E-state index contributed by atoms with van der Waals surface area (Å²) in [5.74, 6) is 0.0237. The molecular weight excluding hydrogens is 320 g/mol. The third-order valence-electron chi connectivity index (χ3n) is 3.57. The Morgan fingerprint density at radius 3 is 2.32 bits per heavy atom. The van der Waals surface area contributed by atoms with Crippen LogP contribution in [-0.2, 0) is 16.0 Å². The van der Waals surface area contributed by atoms with Gasteiger partial charge in [0, 0.05) is 5.69 Å². The summed E-state index contributed by atoms with van der Waals surface area (Å²) in [6.45, 7) is 2.48. The fourth-order valence-electron chi connectivity index (χ4n) is 2.22. The quantitative estimate of drug-likeness (QED) is 0.598. The minimum Gasteiger partial charge on any atom is -0.497 e. The van der Waals surface area contributed by atoms with Gasteiger partial charge in [-0.25, -0.2) is 0 Å². The number of aryl methyl sites for hydroxylation is 1. The summed E-state index contributed by atoms with van der Waals surface area (Å²) in [6, 6.07) is 14.5. The second kappa shape index (κ2) is 9.32. The fraction of sp³-hybridized carbons (Fsp3) is 0.263. The zero-order valence-corrected chi connectivity index (χ0v) is 14.4. The van der Waals surface area contributed by atoms with Gasteiger partial charge < -0.3 is 20.1 Å². The summed E-state index contributed by atoms with van der Waals surface area (Å²) in [4.78, 5) is 23.8. The number of ether oxygens (including phenoxy) is 2. The molecule has 0 spiro atoms. The van der Waals surface area contributed by atoms with Crippen LogP contribution in [0.1, 0.15) is 12.5 Å². The minimum absolute atomic E-state index is 0.230. The highest BCUT2D eigenvalue weighted by atomic mass is 16.5. The van der Waals surface area contributed by atoms with E-state index in [4.69, 9.17) is 9.47 Å². The second-order valence-electron chi connectivity index (χ2n) is 5.24. The molecule has 2 rings (SSSR count). The molecule has 0 unspecified atom stereocenters. The number of carbonyl (C=O) groups is 2. The molecule has 25 heavy (non-hydrogen) atoms. The van der Waals surface area contributed by atoms with Gasteiger partial charge in [-0.15, -0.1) is 0 Å². The summed E-state index contributed by atoms with van der Waals surface area (Å²) in [7, 11) is 1.59. The van der Waals surface area contributed by atoms with Crippen LogP contribution in [0.4, 0.5) is 5.69 Å². The van der Waals surface area contributed by atoms with E-state index in [1.807, 2.05) is 25.1 Å².